The lowest BCUT2D eigenvalue weighted by atomic mass is 10.1. The average molecular weight is 312 g/mol. The van der Waals surface area contributed by atoms with E-state index in [4.69, 9.17) is 5.11 Å². The van der Waals surface area contributed by atoms with Crippen molar-refractivity contribution in [2.45, 2.75) is 26.3 Å². The zero-order valence-electron chi connectivity index (χ0n) is 12.0. The third-order valence-electron chi connectivity index (χ3n) is 2.76. The van der Waals surface area contributed by atoms with Gasteiger partial charge in [-0.25, -0.2) is 9.59 Å². The fraction of sp³-hybridized carbons (Fsp3) is 0.429. The van der Waals surface area contributed by atoms with Crippen LogP contribution in [0.5, 0.6) is 5.75 Å². The lowest BCUT2D eigenvalue weighted by Gasteiger charge is -2.15. The zero-order chi connectivity index (χ0) is 15.8. The molecule has 1 aromatic rings. The van der Waals surface area contributed by atoms with Gasteiger partial charge < -0.3 is 20.8 Å². The molecule has 21 heavy (non-hydrogen) atoms. The average Bonchev–Trinajstić information content (AvgIpc) is 2.40. The van der Waals surface area contributed by atoms with E-state index in [1.807, 2.05) is 6.92 Å². The van der Waals surface area contributed by atoms with E-state index in [1.165, 1.54) is 12.1 Å². The van der Waals surface area contributed by atoms with Crippen LogP contribution in [0.15, 0.2) is 18.2 Å². The molecule has 0 aliphatic carbocycles. The molecule has 0 aliphatic rings. The van der Waals surface area contributed by atoms with E-state index in [-0.39, 0.29) is 23.0 Å². The molecule has 0 radical (unpaired) electrons. The Labute approximate surface area is 127 Å². The highest BCUT2D eigenvalue weighted by Crippen LogP contribution is 2.21. The van der Waals surface area contributed by atoms with E-state index in [0.29, 0.717) is 0 Å². The second-order valence-corrected chi connectivity index (χ2v) is 5.91. The van der Waals surface area contributed by atoms with Crippen molar-refractivity contribution in [1.29, 1.82) is 0 Å². The summed E-state index contributed by atoms with van der Waals surface area (Å²) in [4.78, 5) is 22.9. The first-order valence-electron chi connectivity index (χ1n) is 6.65. The zero-order valence-corrected chi connectivity index (χ0v) is 12.9. The molecule has 1 rings (SSSR count). The van der Waals surface area contributed by atoms with E-state index in [2.05, 4.69) is 17.6 Å². The predicted octanol–water partition coefficient (Wildman–Crippen LogP) is 2.74. The number of benzene rings is 1. The predicted molar refractivity (Wildman–Crippen MR) is 84.3 cm³/mol. The number of rotatable bonds is 7. The van der Waals surface area contributed by atoms with Crippen molar-refractivity contribution in [3.63, 3.8) is 0 Å². The van der Waals surface area contributed by atoms with Crippen molar-refractivity contribution >= 4 is 29.4 Å². The number of carboxylic acids is 1. The molecule has 0 heterocycles. The number of carbonyl (C=O) groups is 2. The Bertz CT molecular complexity index is 508. The summed E-state index contributed by atoms with van der Waals surface area (Å²) >= 11 is 1.80. The first kappa shape index (κ1) is 17.2. The Morgan fingerprint density at radius 3 is 2.71 bits per heavy atom. The fourth-order valence-electron chi connectivity index (χ4n) is 1.68. The number of thioether (sulfide) groups is 1. The molecule has 1 atom stereocenters. The molecule has 2 amide bonds. The summed E-state index contributed by atoms with van der Waals surface area (Å²) in [6.45, 7) is 3.97. The molecular weight excluding hydrogens is 292 g/mol. The molecule has 6 nitrogen and oxygen atoms in total. The summed E-state index contributed by atoms with van der Waals surface area (Å²) in [5.74, 6) is 0.614. The van der Waals surface area contributed by atoms with Crippen LogP contribution in [0, 0.1) is 0 Å². The van der Waals surface area contributed by atoms with E-state index in [0.717, 1.165) is 24.0 Å². The van der Waals surface area contributed by atoms with Gasteiger partial charge in [0, 0.05) is 6.04 Å². The standard InChI is InChI=1S/C14H20N2O4S/c1-3-21-7-6-9(2)15-14(20)16-12-5-4-10(17)8-11(12)13(18)19/h4-5,8-9,17H,3,6-7H2,1-2H3,(H,18,19)(H2,15,16,20). The van der Waals surface area contributed by atoms with Crippen molar-refractivity contribution in [2.75, 3.05) is 16.8 Å². The number of carboxylic acid groups (broad SMARTS) is 1. The number of phenols is 1. The normalized spacial score (nSPS) is 11.7. The molecule has 1 unspecified atom stereocenters. The van der Waals surface area contributed by atoms with Crippen LogP contribution in [0.2, 0.25) is 0 Å². The van der Waals surface area contributed by atoms with Gasteiger partial charge in [0.1, 0.15) is 5.75 Å². The highest BCUT2D eigenvalue weighted by molar-refractivity contribution is 7.99. The highest BCUT2D eigenvalue weighted by Gasteiger charge is 2.14. The van der Waals surface area contributed by atoms with E-state index in [1.54, 1.807) is 11.8 Å². The van der Waals surface area contributed by atoms with Crippen LogP contribution in [0.25, 0.3) is 0 Å². The molecule has 4 N–H and O–H groups in total. The van der Waals surface area contributed by atoms with Crippen LogP contribution < -0.4 is 10.6 Å². The quantitative estimate of drug-likeness (QED) is 0.458. The van der Waals surface area contributed by atoms with Gasteiger partial charge in [0.2, 0.25) is 0 Å². The molecule has 0 saturated heterocycles. The number of aromatic hydroxyl groups is 1. The first-order valence-corrected chi connectivity index (χ1v) is 7.81. The fourth-order valence-corrected chi connectivity index (χ4v) is 2.49. The number of phenolic OH excluding ortho intramolecular Hbond substituents is 1. The van der Waals surface area contributed by atoms with Gasteiger partial charge in [0.25, 0.3) is 0 Å². The van der Waals surface area contributed by atoms with Gasteiger partial charge in [-0.3, -0.25) is 0 Å². The number of hydrogen-bond acceptors (Lipinski definition) is 4. The molecule has 0 aromatic heterocycles. The maximum Gasteiger partial charge on any atom is 0.337 e. The van der Waals surface area contributed by atoms with Crippen molar-refractivity contribution < 1.29 is 19.8 Å². The summed E-state index contributed by atoms with van der Waals surface area (Å²) in [6.07, 6.45) is 0.841. The van der Waals surface area contributed by atoms with Gasteiger partial charge >= 0.3 is 12.0 Å². The molecule has 0 aliphatic heterocycles. The Kier molecular flexibility index (Phi) is 6.87. The number of amides is 2. The number of aromatic carboxylic acids is 1. The first-order chi connectivity index (χ1) is 9.93. The van der Waals surface area contributed by atoms with Crippen LogP contribution in [0.3, 0.4) is 0 Å². The monoisotopic (exact) mass is 312 g/mol. The Balaban J connectivity index is 2.60. The molecule has 0 fully saturated rings. The van der Waals surface area contributed by atoms with Gasteiger partial charge in [-0.15, -0.1) is 0 Å². The number of hydrogen-bond donors (Lipinski definition) is 4. The molecule has 0 saturated carbocycles. The molecule has 116 valence electrons. The number of carbonyl (C=O) groups excluding carboxylic acids is 1. The van der Waals surface area contributed by atoms with Crippen LogP contribution in [-0.2, 0) is 0 Å². The van der Waals surface area contributed by atoms with Crippen molar-refractivity contribution in [2.24, 2.45) is 0 Å². The smallest absolute Gasteiger partial charge is 0.337 e. The van der Waals surface area contributed by atoms with Crippen LogP contribution in [0.1, 0.15) is 30.6 Å². The summed E-state index contributed by atoms with van der Waals surface area (Å²) in [5.41, 5.74) is -0.00715. The summed E-state index contributed by atoms with van der Waals surface area (Å²) < 4.78 is 0. The van der Waals surface area contributed by atoms with Crippen molar-refractivity contribution in [3.05, 3.63) is 23.8 Å². The largest absolute Gasteiger partial charge is 0.508 e. The van der Waals surface area contributed by atoms with E-state index < -0.39 is 12.0 Å². The molecule has 0 spiro atoms. The van der Waals surface area contributed by atoms with E-state index >= 15 is 0 Å². The minimum atomic E-state index is -1.21. The van der Waals surface area contributed by atoms with E-state index in [9.17, 15) is 14.7 Å². The lowest BCUT2D eigenvalue weighted by Crippen LogP contribution is -2.36. The maximum atomic E-state index is 11.8. The van der Waals surface area contributed by atoms with Crippen LogP contribution in [0.4, 0.5) is 10.5 Å². The van der Waals surface area contributed by atoms with Gasteiger partial charge in [-0.1, -0.05) is 6.92 Å². The molecule has 0 bridgehead atoms. The number of nitrogens with one attached hydrogen (secondary N) is 2. The molecule has 1 aromatic carbocycles. The van der Waals surface area contributed by atoms with Crippen LogP contribution in [-0.4, -0.2) is 39.8 Å². The molecule has 7 heteroatoms. The van der Waals surface area contributed by atoms with Crippen molar-refractivity contribution in [3.8, 4) is 5.75 Å². The number of urea groups is 1. The van der Waals surface area contributed by atoms with Gasteiger partial charge in [-0.2, -0.15) is 11.8 Å². The van der Waals surface area contributed by atoms with Crippen LogP contribution >= 0.6 is 11.8 Å². The lowest BCUT2D eigenvalue weighted by molar-refractivity contribution is 0.0697. The van der Waals surface area contributed by atoms with Gasteiger partial charge in [0.05, 0.1) is 11.3 Å². The van der Waals surface area contributed by atoms with Gasteiger partial charge in [0.15, 0.2) is 0 Å². The molecular formula is C14H20N2O4S. The third kappa shape index (κ3) is 5.95. The second kappa shape index (κ2) is 8.41. The minimum Gasteiger partial charge on any atom is -0.508 e. The maximum absolute atomic E-state index is 11.8. The third-order valence-corrected chi connectivity index (χ3v) is 3.69. The topological polar surface area (TPSA) is 98.7 Å². The highest BCUT2D eigenvalue weighted by atomic mass is 32.2. The Morgan fingerprint density at radius 1 is 1.38 bits per heavy atom. The second-order valence-electron chi connectivity index (χ2n) is 4.52. The minimum absolute atomic E-state index is 0.00515. The van der Waals surface area contributed by atoms with Gasteiger partial charge in [-0.05, 0) is 43.0 Å². The SMILES string of the molecule is CCSCCC(C)NC(=O)Nc1ccc(O)cc1C(=O)O. The van der Waals surface area contributed by atoms with Crippen molar-refractivity contribution in [1.82, 2.24) is 5.32 Å². The number of anilines is 1. The Hall–Kier alpha value is -1.89. The summed E-state index contributed by atoms with van der Waals surface area (Å²) in [7, 11) is 0. The summed E-state index contributed by atoms with van der Waals surface area (Å²) in [5, 5.41) is 23.6. The summed E-state index contributed by atoms with van der Waals surface area (Å²) in [6, 6.07) is 3.31. The Morgan fingerprint density at radius 2 is 2.10 bits per heavy atom.